The molecule has 3 aromatic rings. The van der Waals surface area contributed by atoms with Crippen molar-refractivity contribution >= 4 is 22.8 Å². The topological polar surface area (TPSA) is 84.7 Å². The van der Waals surface area contributed by atoms with Gasteiger partial charge in [0.05, 0.1) is 11.9 Å². The lowest BCUT2D eigenvalue weighted by Crippen LogP contribution is -2.52. The van der Waals surface area contributed by atoms with Gasteiger partial charge in [0.25, 0.3) is 11.5 Å². The van der Waals surface area contributed by atoms with Crippen molar-refractivity contribution in [3.8, 4) is 0 Å². The van der Waals surface area contributed by atoms with E-state index in [9.17, 15) is 14.4 Å². The van der Waals surface area contributed by atoms with Gasteiger partial charge in [-0.15, -0.1) is 0 Å². The third-order valence-electron chi connectivity index (χ3n) is 5.46. The first-order chi connectivity index (χ1) is 15.7. The third kappa shape index (κ3) is 5.05. The molecule has 0 atom stereocenters. The summed E-state index contributed by atoms with van der Waals surface area (Å²) in [6.45, 7) is 7.24. The minimum atomic E-state index is -0.570. The van der Waals surface area contributed by atoms with Crippen molar-refractivity contribution in [2.45, 2.75) is 32.9 Å². The summed E-state index contributed by atoms with van der Waals surface area (Å²) >= 11 is 0. The number of nitrogens with zero attached hydrogens (tertiary/aromatic N) is 4. The average Bonchev–Trinajstić information content (AvgIpc) is 2.80. The molecule has 0 unspecified atom stereocenters. The molecule has 2 amide bonds. The minimum Gasteiger partial charge on any atom is -0.444 e. The number of amides is 2. The zero-order valence-corrected chi connectivity index (χ0v) is 19.2. The SMILES string of the molecule is CC(C)(C)OC(=O)N1CCN(C(=O)c2nn(Cc3ccccc3)c(=O)c3ccccc23)CC1. The molecule has 0 aliphatic carbocycles. The van der Waals surface area contributed by atoms with Crippen molar-refractivity contribution in [2.24, 2.45) is 0 Å². The smallest absolute Gasteiger partial charge is 0.410 e. The fourth-order valence-electron chi connectivity index (χ4n) is 3.82. The molecule has 0 saturated carbocycles. The Morgan fingerprint density at radius 1 is 0.879 bits per heavy atom. The number of carbonyl (C=O) groups excluding carboxylic acids is 2. The van der Waals surface area contributed by atoms with Crippen molar-refractivity contribution < 1.29 is 14.3 Å². The maximum Gasteiger partial charge on any atom is 0.410 e. The van der Waals surface area contributed by atoms with Gasteiger partial charge in [-0.2, -0.15) is 5.10 Å². The lowest BCUT2D eigenvalue weighted by Gasteiger charge is -2.35. The summed E-state index contributed by atoms with van der Waals surface area (Å²) in [6.07, 6.45) is -0.380. The zero-order valence-electron chi connectivity index (χ0n) is 19.2. The Kier molecular flexibility index (Phi) is 6.18. The molecular weight excluding hydrogens is 420 g/mol. The molecule has 2 heterocycles. The normalized spacial score (nSPS) is 14.4. The monoisotopic (exact) mass is 448 g/mol. The summed E-state index contributed by atoms with van der Waals surface area (Å²) in [4.78, 5) is 42.1. The molecule has 172 valence electrons. The van der Waals surface area contributed by atoms with E-state index in [4.69, 9.17) is 4.74 Å². The van der Waals surface area contributed by atoms with Crippen LogP contribution in [0.3, 0.4) is 0 Å². The van der Waals surface area contributed by atoms with Crippen LogP contribution in [0.5, 0.6) is 0 Å². The lowest BCUT2D eigenvalue weighted by molar-refractivity contribution is 0.0140. The standard InChI is InChI=1S/C25H28N4O4/c1-25(2,3)33-24(32)28-15-13-27(14-16-28)23(31)21-19-11-7-8-12-20(19)22(30)29(26-21)17-18-9-5-4-6-10-18/h4-12H,13-17H2,1-3H3. The fourth-order valence-corrected chi connectivity index (χ4v) is 3.82. The number of carbonyl (C=O) groups is 2. The molecule has 4 rings (SSSR count). The summed E-state index contributed by atoms with van der Waals surface area (Å²) in [5, 5.41) is 5.47. The number of benzene rings is 2. The molecule has 1 saturated heterocycles. The molecule has 0 bridgehead atoms. The van der Waals surface area contributed by atoms with Crippen LogP contribution >= 0.6 is 0 Å². The molecule has 1 fully saturated rings. The largest absolute Gasteiger partial charge is 0.444 e. The van der Waals surface area contributed by atoms with Crippen LogP contribution in [0.1, 0.15) is 36.8 Å². The Balaban J connectivity index is 1.59. The predicted molar refractivity (Wildman–Crippen MR) is 125 cm³/mol. The number of hydrogen-bond donors (Lipinski definition) is 0. The average molecular weight is 449 g/mol. The van der Waals surface area contributed by atoms with Gasteiger partial charge >= 0.3 is 6.09 Å². The predicted octanol–water partition coefficient (Wildman–Crippen LogP) is 3.14. The summed E-state index contributed by atoms with van der Waals surface area (Å²) in [5.74, 6) is -0.253. The Bertz CT molecular complexity index is 1220. The maximum atomic E-state index is 13.4. The summed E-state index contributed by atoms with van der Waals surface area (Å²) in [5.41, 5.74) is 0.360. The fraction of sp³-hybridized carbons (Fsp3) is 0.360. The van der Waals surface area contributed by atoms with Gasteiger partial charge in [0.2, 0.25) is 0 Å². The van der Waals surface area contributed by atoms with Gasteiger partial charge in [0.1, 0.15) is 5.60 Å². The van der Waals surface area contributed by atoms with E-state index in [0.717, 1.165) is 5.56 Å². The van der Waals surface area contributed by atoms with Crippen LogP contribution in [0.4, 0.5) is 4.79 Å². The van der Waals surface area contributed by atoms with E-state index >= 15 is 0 Å². The molecule has 0 spiro atoms. The van der Waals surface area contributed by atoms with Crippen LogP contribution in [0, 0.1) is 0 Å². The van der Waals surface area contributed by atoms with Gasteiger partial charge in [0, 0.05) is 31.6 Å². The minimum absolute atomic E-state index is 0.235. The first kappa shape index (κ1) is 22.5. The summed E-state index contributed by atoms with van der Waals surface area (Å²) in [6, 6.07) is 16.6. The summed E-state index contributed by atoms with van der Waals surface area (Å²) in [7, 11) is 0. The highest BCUT2D eigenvalue weighted by Gasteiger charge is 2.29. The molecular formula is C25H28N4O4. The van der Waals surface area contributed by atoms with Gasteiger partial charge in [-0.25, -0.2) is 9.48 Å². The second-order valence-corrected chi connectivity index (χ2v) is 9.10. The van der Waals surface area contributed by atoms with Gasteiger partial charge in [-0.1, -0.05) is 48.5 Å². The second-order valence-electron chi connectivity index (χ2n) is 9.10. The van der Waals surface area contributed by atoms with E-state index in [-0.39, 0.29) is 29.8 Å². The molecule has 1 aliphatic rings. The highest BCUT2D eigenvalue weighted by atomic mass is 16.6. The van der Waals surface area contributed by atoms with Crippen molar-refractivity contribution in [3.63, 3.8) is 0 Å². The Morgan fingerprint density at radius 2 is 1.45 bits per heavy atom. The quantitative estimate of drug-likeness (QED) is 0.615. The number of hydrogen-bond acceptors (Lipinski definition) is 5. The van der Waals surface area contributed by atoms with Gasteiger partial charge in [-0.05, 0) is 32.4 Å². The molecule has 8 nitrogen and oxygen atoms in total. The van der Waals surface area contributed by atoms with Crippen molar-refractivity contribution in [3.05, 3.63) is 76.2 Å². The first-order valence-electron chi connectivity index (χ1n) is 11.0. The van der Waals surface area contributed by atoms with E-state index in [0.29, 0.717) is 37.0 Å². The van der Waals surface area contributed by atoms with Crippen LogP contribution in [-0.2, 0) is 11.3 Å². The van der Waals surface area contributed by atoms with E-state index in [1.54, 1.807) is 34.1 Å². The maximum absolute atomic E-state index is 13.4. The Morgan fingerprint density at radius 3 is 2.09 bits per heavy atom. The van der Waals surface area contributed by atoms with Crippen LogP contribution in [0.25, 0.3) is 10.8 Å². The highest BCUT2D eigenvalue weighted by Crippen LogP contribution is 2.18. The van der Waals surface area contributed by atoms with Crippen molar-refractivity contribution in [1.82, 2.24) is 19.6 Å². The van der Waals surface area contributed by atoms with Crippen LogP contribution in [0.15, 0.2) is 59.4 Å². The van der Waals surface area contributed by atoms with Crippen molar-refractivity contribution in [1.29, 1.82) is 0 Å². The number of rotatable bonds is 3. The molecule has 33 heavy (non-hydrogen) atoms. The molecule has 0 radical (unpaired) electrons. The zero-order chi connectivity index (χ0) is 23.6. The molecule has 2 aromatic carbocycles. The van der Waals surface area contributed by atoms with Crippen LogP contribution in [0.2, 0.25) is 0 Å². The molecule has 0 N–H and O–H groups in total. The van der Waals surface area contributed by atoms with Gasteiger partial charge in [0.15, 0.2) is 5.69 Å². The Hall–Kier alpha value is -3.68. The molecule has 1 aromatic heterocycles. The summed E-state index contributed by atoms with van der Waals surface area (Å²) < 4.78 is 6.78. The Labute approximate surface area is 192 Å². The van der Waals surface area contributed by atoms with E-state index in [2.05, 4.69) is 5.10 Å². The van der Waals surface area contributed by atoms with Gasteiger partial charge < -0.3 is 14.5 Å². The first-order valence-corrected chi connectivity index (χ1v) is 11.0. The number of fused-ring (bicyclic) bond motifs is 1. The van der Waals surface area contributed by atoms with E-state index in [1.807, 2.05) is 51.1 Å². The van der Waals surface area contributed by atoms with E-state index < -0.39 is 5.60 Å². The number of aromatic nitrogens is 2. The number of piperazine rings is 1. The molecule has 8 heteroatoms. The van der Waals surface area contributed by atoms with Crippen LogP contribution in [-0.4, -0.2) is 63.4 Å². The second kappa shape index (κ2) is 9.05. The van der Waals surface area contributed by atoms with Crippen molar-refractivity contribution in [2.75, 3.05) is 26.2 Å². The highest BCUT2D eigenvalue weighted by molar-refractivity contribution is 6.04. The van der Waals surface area contributed by atoms with Crippen LogP contribution < -0.4 is 5.56 Å². The van der Waals surface area contributed by atoms with E-state index in [1.165, 1.54) is 4.68 Å². The van der Waals surface area contributed by atoms with Gasteiger partial charge in [-0.3, -0.25) is 9.59 Å². The number of ether oxygens (including phenoxy) is 1. The lowest BCUT2D eigenvalue weighted by atomic mass is 10.1. The molecule has 1 aliphatic heterocycles. The third-order valence-corrected chi connectivity index (χ3v) is 5.46.